The van der Waals surface area contributed by atoms with Crippen molar-refractivity contribution in [3.63, 3.8) is 0 Å². The highest BCUT2D eigenvalue weighted by atomic mass is 32.1. The number of benzene rings is 9. The first-order chi connectivity index (χ1) is 46.5. The Bertz CT molecular complexity index is 5820. The predicted octanol–water partition coefficient (Wildman–Crippen LogP) is 21.9. The number of aromatic nitrogens is 4. The average Bonchev–Trinajstić information content (AvgIpc) is 1.50. The Balaban J connectivity index is 0.901. The fraction of sp³-hybridized carbons (Fsp3) is 0.0864. The number of thiophene rings is 4. The Morgan fingerprint density at radius 1 is 0.400 bits per heavy atom. The molecule has 8 nitrogen and oxygen atoms in total. The van der Waals surface area contributed by atoms with Gasteiger partial charge in [0.1, 0.15) is 39.8 Å². The lowest BCUT2D eigenvalue weighted by Gasteiger charge is -2.35. The Morgan fingerprint density at radius 3 is 1.18 bits per heavy atom. The molecule has 0 aliphatic heterocycles. The van der Waals surface area contributed by atoms with Gasteiger partial charge in [-0.05, 0) is 162 Å². The summed E-state index contributed by atoms with van der Waals surface area (Å²) in [5, 5.41) is 31.4. The minimum Gasteiger partial charge on any atom is -0.295 e. The average molecular weight is 1330 g/mol. The van der Waals surface area contributed by atoms with Gasteiger partial charge in [-0.3, -0.25) is 4.99 Å². The Hall–Kier alpha value is -10.4. The highest BCUT2D eigenvalue weighted by Gasteiger charge is 2.52. The second-order valence-electron chi connectivity index (χ2n) is 24.5. The van der Waals surface area contributed by atoms with Crippen LogP contribution in [0.15, 0.2) is 210 Å². The van der Waals surface area contributed by atoms with E-state index in [1.165, 1.54) is 136 Å². The topological polar surface area (TPSA) is 135 Å². The zero-order chi connectivity index (χ0) is 64.4. The molecule has 15 aromatic rings. The van der Waals surface area contributed by atoms with Crippen molar-refractivity contribution in [1.82, 2.24) is 17.5 Å². The van der Waals surface area contributed by atoms with Gasteiger partial charge in [0.2, 0.25) is 0 Å². The van der Waals surface area contributed by atoms with Crippen LogP contribution < -0.4 is 0 Å². The third kappa shape index (κ3) is 9.00. The van der Waals surface area contributed by atoms with Gasteiger partial charge in [0.05, 0.1) is 52.5 Å². The number of aliphatic imine (C=N–C) groups is 1. The van der Waals surface area contributed by atoms with Crippen molar-refractivity contribution in [1.29, 1.82) is 15.8 Å². The molecular weight excluding hydrogens is 1280 g/mol. The van der Waals surface area contributed by atoms with Crippen molar-refractivity contribution in [2.24, 2.45) is 4.99 Å². The van der Waals surface area contributed by atoms with E-state index in [9.17, 15) is 15.8 Å². The molecule has 0 unspecified atom stereocenters. The maximum absolute atomic E-state index is 9.86. The molecule has 0 radical (unpaired) electrons. The van der Waals surface area contributed by atoms with Gasteiger partial charge in [-0.25, -0.2) is 0 Å². The van der Waals surface area contributed by atoms with E-state index in [4.69, 9.17) is 13.1 Å². The molecule has 0 bridgehead atoms. The molecule has 95 heavy (non-hydrogen) atoms. The third-order valence-corrected chi connectivity index (χ3v) is 25.1. The van der Waals surface area contributed by atoms with E-state index < -0.39 is 10.8 Å². The normalized spacial score (nSPS) is 13.3. The first-order valence-electron chi connectivity index (χ1n) is 30.9. The summed E-state index contributed by atoms with van der Waals surface area (Å²) in [6.45, 7) is 12.6. The minimum absolute atomic E-state index is 0.0195. The van der Waals surface area contributed by atoms with Crippen LogP contribution in [0.5, 0.6) is 0 Å². The molecule has 450 valence electrons. The summed E-state index contributed by atoms with van der Waals surface area (Å²) < 4.78 is 21.4. The van der Waals surface area contributed by atoms with Gasteiger partial charge in [0, 0.05) is 72.0 Å². The molecule has 2 aliphatic carbocycles. The molecule has 0 amide bonds. The van der Waals surface area contributed by atoms with E-state index in [1.807, 2.05) is 59.1 Å². The first kappa shape index (κ1) is 58.4. The zero-order valence-electron chi connectivity index (χ0n) is 51.6. The van der Waals surface area contributed by atoms with Crippen LogP contribution in [-0.4, -0.2) is 30.8 Å². The molecule has 0 saturated heterocycles. The highest BCUT2D eigenvalue weighted by Crippen LogP contribution is 2.66. The van der Waals surface area contributed by atoms with Gasteiger partial charge in [-0.1, -0.05) is 168 Å². The maximum atomic E-state index is 9.86. The van der Waals surface area contributed by atoms with Gasteiger partial charge in [0.25, 0.3) is 0 Å². The number of nitrogens with zero attached hydrogens (tertiary/aromatic N) is 8. The quantitative estimate of drug-likeness (QED) is 0.0878. The fourth-order valence-electron chi connectivity index (χ4n) is 14.6. The summed E-state index contributed by atoms with van der Waals surface area (Å²) in [5.41, 5.74) is 25.3. The molecule has 2 aliphatic rings. The molecule has 0 N–H and O–H groups in total. The van der Waals surface area contributed by atoms with Crippen molar-refractivity contribution < 1.29 is 0 Å². The zero-order valence-corrected chi connectivity index (χ0v) is 56.5. The molecule has 0 saturated carbocycles. The van der Waals surface area contributed by atoms with Crippen LogP contribution in [0, 0.1) is 61.7 Å². The van der Waals surface area contributed by atoms with Gasteiger partial charge < -0.3 is 0 Å². The van der Waals surface area contributed by atoms with Crippen molar-refractivity contribution in [2.75, 3.05) is 6.54 Å². The monoisotopic (exact) mass is 1330 g/mol. The number of hydrogen-bond acceptors (Lipinski definition) is 14. The van der Waals surface area contributed by atoms with Crippen molar-refractivity contribution in [2.45, 2.75) is 38.5 Å². The lowest BCUT2D eigenvalue weighted by Crippen LogP contribution is -2.30. The summed E-state index contributed by atoms with van der Waals surface area (Å²) in [7, 11) is 0. The van der Waals surface area contributed by atoms with Crippen molar-refractivity contribution in [3.05, 3.63) is 283 Å². The Morgan fingerprint density at radius 2 is 0.789 bits per heavy atom. The van der Waals surface area contributed by atoms with E-state index in [0.29, 0.717) is 16.7 Å². The second kappa shape index (κ2) is 22.7. The lowest BCUT2D eigenvalue weighted by atomic mass is 9.65. The third-order valence-electron chi connectivity index (χ3n) is 19.0. The maximum Gasteiger partial charge on any atom is 0.130 e. The Kier molecular flexibility index (Phi) is 13.9. The molecule has 0 spiro atoms. The second-order valence-corrected chi connectivity index (χ2v) is 29.9. The largest absolute Gasteiger partial charge is 0.295 e. The van der Waals surface area contributed by atoms with Gasteiger partial charge in [-0.15, -0.1) is 45.3 Å². The number of nitriles is 3. The van der Waals surface area contributed by atoms with E-state index in [1.54, 1.807) is 28.7 Å². The van der Waals surface area contributed by atoms with Crippen molar-refractivity contribution in [3.8, 4) is 80.9 Å². The number of hydrogen-bond donors (Lipinski definition) is 0. The summed E-state index contributed by atoms with van der Waals surface area (Å²) >= 11 is 9.56. The van der Waals surface area contributed by atoms with Crippen LogP contribution >= 0.6 is 68.8 Å². The molecule has 14 heteroatoms. The molecule has 6 aromatic heterocycles. The summed E-state index contributed by atoms with van der Waals surface area (Å²) in [6, 6.07) is 80.0. The van der Waals surface area contributed by atoms with Gasteiger partial charge in [-0.2, -0.15) is 33.3 Å². The number of allylic oxidation sites excluding steroid dienone is 1. The van der Waals surface area contributed by atoms with Crippen LogP contribution in [0.2, 0.25) is 0 Å². The smallest absolute Gasteiger partial charge is 0.130 e. The van der Waals surface area contributed by atoms with Crippen LogP contribution in [0.25, 0.3) is 117 Å². The van der Waals surface area contributed by atoms with E-state index in [2.05, 4.69) is 226 Å². The van der Waals surface area contributed by atoms with E-state index in [-0.39, 0.29) is 12.1 Å². The summed E-state index contributed by atoms with van der Waals surface area (Å²) in [6.07, 6.45) is 3.43. The number of fused-ring (bicyclic) bond motifs is 12. The molecular formula is C81H50N8S6. The molecule has 6 heterocycles. The standard InChI is InChI=1S/C81H50N8S6/c1-44-6-18-54(19-7-44)80(55-20-8-45(2)9-21-55)62-28-16-52-36-70(68-32-30-66(90-68)58-26-14-50(34-48(40-82)41-83)74-76(58)88-94-86-74)92-78(52)72(62)60-38-65-61(39-64(60)80)73-63(81(65,56-22-10-46(3)11-23-56)57-24-12-47(4)13-25-57)29-17-53-37-71(93-79(53)73)69-33-31-67(91-69)59-27-15-51(35-49(42-84)43-85-5)75-77(59)89-95-87-75/h6-39H,5,43H2,1-4H3/b49-35-. The van der Waals surface area contributed by atoms with Crippen LogP contribution in [0.1, 0.15) is 77.9 Å². The summed E-state index contributed by atoms with van der Waals surface area (Å²) in [4.78, 5) is 10.8. The predicted molar refractivity (Wildman–Crippen MR) is 397 cm³/mol. The SMILES string of the molecule is C=NC/C(C#N)=C\c1ccc(-c2ccc(-c3cc4ccc5c(c4s3)-c3cc4c(cc3C5(c3ccc(C)cc3)c3ccc(C)cc3)-c3c(ccc5cc(-c6ccc(-c7ccc(C=C(C#N)C#N)c8nsnc78)s6)sc35)C4(c3ccc(C)cc3)c3ccc(C)cc3)s2)c2nsnc12. The summed E-state index contributed by atoms with van der Waals surface area (Å²) in [5.74, 6) is 0. The number of aryl methyl sites for hydroxylation is 4. The van der Waals surface area contributed by atoms with Crippen LogP contribution in [0.4, 0.5) is 0 Å². The minimum atomic E-state index is -0.723. The molecule has 0 fully saturated rings. The fourth-order valence-corrected chi connectivity index (χ4v) is 20.5. The van der Waals surface area contributed by atoms with E-state index in [0.717, 1.165) is 59.6 Å². The molecule has 0 atom stereocenters. The number of rotatable bonds is 12. The molecule has 9 aromatic carbocycles. The van der Waals surface area contributed by atoms with Crippen molar-refractivity contribution >= 4 is 130 Å². The van der Waals surface area contributed by atoms with Crippen LogP contribution in [-0.2, 0) is 10.8 Å². The van der Waals surface area contributed by atoms with E-state index >= 15 is 0 Å². The van der Waals surface area contributed by atoms with Gasteiger partial charge in [0.15, 0.2) is 0 Å². The first-order valence-corrected chi connectivity index (χ1v) is 35.6. The highest BCUT2D eigenvalue weighted by molar-refractivity contribution is 7.28. The molecule has 17 rings (SSSR count). The lowest BCUT2D eigenvalue weighted by molar-refractivity contribution is 0.758. The van der Waals surface area contributed by atoms with Gasteiger partial charge >= 0.3 is 0 Å². The van der Waals surface area contributed by atoms with Crippen LogP contribution in [0.3, 0.4) is 0 Å². The Labute approximate surface area is 572 Å².